The van der Waals surface area contributed by atoms with E-state index in [-0.39, 0.29) is 18.1 Å². The number of fused-ring (bicyclic) bond motifs is 1. The molecule has 0 radical (unpaired) electrons. The number of carbonyl (C=O) groups excluding carboxylic acids is 1. The Morgan fingerprint density at radius 1 is 1.47 bits per heavy atom. The van der Waals surface area contributed by atoms with Gasteiger partial charge in [-0.2, -0.15) is 5.10 Å². The summed E-state index contributed by atoms with van der Waals surface area (Å²) in [5, 5.41) is 18.4. The minimum atomic E-state index is -1.09. The Morgan fingerprint density at radius 2 is 2.26 bits per heavy atom. The van der Waals surface area contributed by atoms with Crippen LogP contribution in [-0.2, 0) is 4.79 Å². The molecule has 0 saturated carbocycles. The van der Waals surface area contributed by atoms with E-state index in [0.717, 1.165) is 0 Å². The van der Waals surface area contributed by atoms with E-state index in [9.17, 15) is 9.59 Å². The summed E-state index contributed by atoms with van der Waals surface area (Å²) in [6.45, 7) is 1.67. The first-order valence-corrected chi connectivity index (χ1v) is 5.52. The van der Waals surface area contributed by atoms with Gasteiger partial charge in [0.25, 0.3) is 0 Å². The lowest BCUT2D eigenvalue weighted by Crippen LogP contribution is -2.19. The molecule has 1 aromatic heterocycles. The average molecular weight is 257 g/mol. The molecular weight excluding hydrogens is 246 g/mol. The fourth-order valence-corrected chi connectivity index (χ4v) is 1.57. The fourth-order valence-electron chi connectivity index (χ4n) is 1.57. The summed E-state index contributed by atoms with van der Waals surface area (Å²) in [6, 6.07) is 5.13. The Morgan fingerprint density at radius 3 is 2.95 bits per heavy atom. The molecule has 2 rings (SSSR count). The largest absolute Gasteiger partial charge is 0.476 e. The Kier molecular flexibility index (Phi) is 3.48. The van der Waals surface area contributed by atoms with E-state index in [4.69, 9.17) is 5.11 Å². The van der Waals surface area contributed by atoms with Crippen molar-refractivity contribution in [2.45, 2.75) is 6.92 Å². The highest BCUT2D eigenvalue weighted by atomic mass is 16.4. The lowest BCUT2D eigenvalue weighted by Gasteiger charge is -1.94. The van der Waals surface area contributed by atoms with Crippen molar-refractivity contribution in [2.75, 3.05) is 6.54 Å². The van der Waals surface area contributed by atoms with Crippen molar-refractivity contribution < 1.29 is 14.7 Å². The zero-order valence-electron chi connectivity index (χ0n) is 10.2. The normalized spacial score (nSPS) is 9.74. The maximum Gasteiger partial charge on any atom is 0.357 e. The first-order valence-electron chi connectivity index (χ1n) is 5.52. The van der Waals surface area contributed by atoms with Crippen molar-refractivity contribution >= 4 is 22.8 Å². The molecule has 0 spiro atoms. The van der Waals surface area contributed by atoms with Crippen LogP contribution in [0.1, 0.15) is 23.0 Å². The van der Waals surface area contributed by atoms with Crippen LogP contribution in [0.15, 0.2) is 18.2 Å². The third-order valence-electron chi connectivity index (χ3n) is 2.42. The number of nitrogens with one attached hydrogen (secondary N) is 2. The Balaban J connectivity index is 2.27. The molecule has 1 amide bonds. The summed E-state index contributed by atoms with van der Waals surface area (Å²) in [6.07, 6.45) is 0. The second-order valence-electron chi connectivity index (χ2n) is 3.85. The number of carbonyl (C=O) groups is 2. The van der Waals surface area contributed by atoms with Crippen LogP contribution in [0, 0.1) is 11.8 Å². The molecule has 0 atom stereocenters. The average Bonchev–Trinajstić information content (AvgIpc) is 2.77. The number of carboxylic acid groups (broad SMARTS) is 1. The van der Waals surface area contributed by atoms with Gasteiger partial charge in [0.05, 0.1) is 12.1 Å². The molecule has 0 bridgehead atoms. The van der Waals surface area contributed by atoms with Gasteiger partial charge in [-0.3, -0.25) is 9.89 Å². The summed E-state index contributed by atoms with van der Waals surface area (Å²) >= 11 is 0. The SMILES string of the molecule is CC(=O)NCC#Cc1ccc2[nH]nc(C(=O)O)c2c1. The van der Waals surface area contributed by atoms with E-state index in [2.05, 4.69) is 27.4 Å². The number of rotatable bonds is 2. The maximum atomic E-state index is 11.0. The molecule has 96 valence electrons. The summed E-state index contributed by atoms with van der Waals surface area (Å²) in [7, 11) is 0. The molecule has 6 heteroatoms. The summed E-state index contributed by atoms with van der Waals surface area (Å²) in [4.78, 5) is 21.6. The number of hydrogen-bond donors (Lipinski definition) is 3. The van der Waals surface area contributed by atoms with Gasteiger partial charge in [-0.25, -0.2) is 4.79 Å². The van der Waals surface area contributed by atoms with Crippen LogP contribution in [0.25, 0.3) is 10.9 Å². The van der Waals surface area contributed by atoms with Gasteiger partial charge in [-0.1, -0.05) is 11.8 Å². The molecule has 1 aromatic carbocycles. The van der Waals surface area contributed by atoms with Gasteiger partial charge >= 0.3 is 5.97 Å². The second-order valence-corrected chi connectivity index (χ2v) is 3.85. The quantitative estimate of drug-likeness (QED) is 0.692. The van der Waals surface area contributed by atoms with Crippen molar-refractivity contribution in [2.24, 2.45) is 0 Å². The third-order valence-corrected chi connectivity index (χ3v) is 2.42. The molecule has 0 aliphatic carbocycles. The van der Waals surface area contributed by atoms with Gasteiger partial charge in [-0.05, 0) is 18.2 Å². The fraction of sp³-hybridized carbons (Fsp3) is 0.154. The van der Waals surface area contributed by atoms with Crippen LogP contribution in [0.5, 0.6) is 0 Å². The van der Waals surface area contributed by atoms with Crippen LogP contribution in [0.3, 0.4) is 0 Å². The minimum absolute atomic E-state index is 0.0273. The molecule has 2 aromatic rings. The van der Waals surface area contributed by atoms with Crippen molar-refractivity contribution in [3.8, 4) is 11.8 Å². The van der Waals surface area contributed by atoms with Crippen molar-refractivity contribution in [3.05, 3.63) is 29.5 Å². The molecule has 0 unspecified atom stereocenters. The van der Waals surface area contributed by atoms with Crippen molar-refractivity contribution in [3.63, 3.8) is 0 Å². The number of benzene rings is 1. The predicted octanol–water partition coefficient (Wildman–Crippen LogP) is 0.749. The van der Waals surface area contributed by atoms with Gasteiger partial charge < -0.3 is 10.4 Å². The number of amides is 1. The van der Waals surface area contributed by atoms with Crippen LogP contribution in [0.4, 0.5) is 0 Å². The molecule has 19 heavy (non-hydrogen) atoms. The number of carboxylic acids is 1. The highest BCUT2D eigenvalue weighted by Crippen LogP contribution is 2.17. The van der Waals surface area contributed by atoms with Gasteiger partial charge in [0.2, 0.25) is 5.91 Å². The number of aromatic carboxylic acids is 1. The van der Waals surface area contributed by atoms with E-state index in [1.54, 1.807) is 18.2 Å². The number of aromatic amines is 1. The van der Waals surface area contributed by atoms with E-state index >= 15 is 0 Å². The van der Waals surface area contributed by atoms with Crippen molar-refractivity contribution in [1.82, 2.24) is 15.5 Å². The Labute approximate surface area is 108 Å². The van der Waals surface area contributed by atoms with E-state index in [1.807, 2.05) is 0 Å². The number of aromatic nitrogens is 2. The topological polar surface area (TPSA) is 95.1 Å². The second kappa shape index (κ2) is 5.23. The number of H-pyrrole nitrogens is 1. The monoisotopic (exact) mass is 257 g/mol. The van der Waals surface area contributed by atoms with Crippen LogP contribution in [0.2, 0.25) is 0 Å². The predicted molar refractivity (Wildman–Crippen MR) is 68.6 cm³/mol. The van der Waals surface area contributed by atoms with Crippen molar-refractivity contribution in [1.29, 1.82) is 0 Å². The van der Waals surface area contributed by atoms with E-state index in [1.165, 1.54) is 6.92 Å². The first kappa shape index (κ1) is 12.6. The van der Waals surface area contributed by atoms with Crippen LogP contribution >= 0.6 is 0 Å². The number of hydrogen-bond acceptors (Lipinski definition) is 3. The zero-order chi connectivity index (χ0) is 13.8. The van der Waals surface area contributed by atoms with Gasteiger partial charge in [0.1, 0.15) is 0 Å². The van der Waals surface area contributed by atoms with E-state index in [0.29, 0.717) is 16.5 Å². The smallest absolute Gasteiger partial charge is 0.357 e. The van der Waals surface area contributed by atoms with Gasteiger partial charge in [0, 0.05) is 17.9 Å². The highest BCUT2D eigenvalue weighted by Gasteiger charge is 2.12. The first-order chi connectivity index (χ1) is 9.08. The molecule has 0 saturated heterocycles. The Bertz CT molecular complexity index is 707. The highest BCUT2D eigenvalue weighted by molar-refractivity contribution is 6.01. The van der Waals surface area contributed by atoms with Crippen LogP contribution < -0.4 is 5.32 Å². The van der Waals surface area contributed by atoms with Gasteiger partial charge in [0.15, 0.2) is 5.69 Å². The standard InChI is InChI=1S/C13H11N3O3/c1-8(17)14-6-2-3-9-4-5-11-10(7-9)12(13(18)19)16-15-11/h4-5,7H,6H2,1H3,(H,14,17)(H,15,16)(H,18,19). The maximum absolute atomic E-state index is 11.0. The Hall–Kier alpha value is -2.81. The zero-order valence-corrected chi connectivity index (χ0v) is 10.2. The third kappa shape index (κ3) is 2.90. The summed E-state index contributed by atoms with van der Waals surface area (Å²) in [5.74, 6) is 4.39. The summed E-state index contributed by atoms with van der Waals surface area (Å²) < 4.78 is 0. The minimum Gasteiger partial charge on any atom is -0.476 e. The molecule has 0 aliphatic heterocycles. The van der Waals surface area contributed by atoms with Crippen LogP contribution in [-0.4, -0.2) is 33.7 Å². The molecule has 0 aliphatic rings. The lowest BCUT2D eigenvalue weighted by atomic mass is 10.1. The lowest BCUT2D eigenvalue weighted by molar-refractivity contribution is -0.118. The van der Waals surface area contributed by atoms with E-state index < -0.39 is 5.97 Å². The molecule has 3 N–H and O–H groups in total. The summed E-state index contributed by atoms with van der Waals surface area (Å²) in [5.41, 5.74) is 1.28. The molecule has 0 fully saturated rings. The van der Waals surface area contributed by atoms with Gasteiger partial charge in [-0.15, -0.1) is 0 Å². The molecule has 6 nitrogen and oxygen atoms in total. The number of nitrogens with zero attached hydrogens (tertiary/aromatic N) is 1. The molecule has 1 heterocycles. The molecular formula is C13H11N3O3.